The number of fused-ring (bicyclic) bond motifs is 2. The highest BCUT2D eigenvalue weighted by atomic mass is 35.5. The maximum Gasteiger partial charge on any atom is 0.320 e. The number of halogens is 1. The van der Waals surface area contributed by atoms with Gasteiger partial charge in [-0.2, -0.15) is 5.10 Å². The number of nitrogens with one attached hydrogen (secondary N) is 2. The highest BCUT2D eigenvalue weighted by Crippen LogP contribution is 2.39. The Labute approximate surface area is 316 Å². The fraction of sp³-hybridized carbons (Fsp3) is 0.463. The molecule has 12 heteroatoms. The fourth-order valence-electron chi connectivity index (χ4n) is 7.99. The van der Waals surface area contributed by atoms with E-state index in [0.717, 1.165) is 91.0 Å². The van der Waals surface area contributed by atoms with Crippen LogP contribution in [0.25, 0.3) is 11.3 Å². The number of nitrogens with zero attached hydrogens (tertiary/aromatic N) is 7. The third-order valence-electron chi connectivity index (χ3n) is 10.8. The van der Waals surface area contributed by atoms with Crippen molar-refractivity contribution in [3.8, 4) is 11.4 Å². The van der Waals surface area contributed by atoms with Gasteiger partial charge in [0.15, 0.2) is 5.65 Å². The Bertz CT molecular complexity index is 2070. The van der Waals surface area contributed by atoms with Crippen molar-refractivity contribution in [2.75, 3.05) is 36.4 Å². The third-order valence-corrected chi connectivity index (χ3v) is 11.0. The number of piperidine rings is 2. The summed E-state index contributed by atoms with van der Waals surface area (Å²) in [4.78, 5) is 18.6. The smallest absolute Gasteiger partial charge is 0.320 e. The number of hydrogen-bond donors (Lipinski definition) is 2. The zero-order valence-corrected chi connectivity index (χ0v) is 31.8. The zero-order chi connectivity index (χ0) is 36.5. The standard InChI is InChI=1S/C41H50ClN9O2/c1-41(2,3)36-25-38(51(47-36)30-23-28(22-29(42)24-30)26-48-18-8-4-9-19-48)44-39(52)43-34-15-16-35(33-13-7-6-12-32(33)34)53-31-14-17-37-45-46-40(50(37)27-31)49-20-10-5-11-21-49/h6-7,12-14,17,22-25,27,34-35H,4-5,8-11,15-16,18-21,26H2,1-3H3,(H2,43,44,52)/t34-,35+/m0/s1. The van der Waals surface area contributed by atoms with Crippen LogP contribution in [0.15, 0.2) is 66.9 Å². The van der Waals surface area contributed by atoms with Crippen molar-refractivity contribution in [1.29, 1.82) is 0 Å². The van der Waals surface area contributed by atoms with Gasteiger partial charge in [0.2, 0.25) is 5.95 Å². The van der Waals surface area contributed by atoms with Crippen molar-refractivity contribution in [2.24, 2.45) is 0 Å². The molecule has 8 rings (SSSR count). The summed E-state index contributed by atoms with van der Waals surface area (Å²) < 4.78 is 10.5. The Kier molecular flexibility index (Phi) is 10.0. The van der Waals surface area contributed by atoms with E-state index in [2.05, 4.69) is 69.6 Å². The summed E-state index contributed by atoms with van der Waals surface area (Å²) in [5.74, 6) is 2.23. The van der Waals surface area contributed by atoms with Crippen LogP contribution in [0, 0.1) is 0 Å². The number of urea groups is 1. The molecule has 2 N–H and O–H groups in total. The minimum absolute atomic E-state index is 0.155. The second-order valence-electron chi connectivity index (χ2n) is 15.8. The molecule has 0 bridgehead atoms. The van der Waals surface area contributed by atoms with E-state index in [1.807, 2.05) is 57.7 Å². The molecule has 278 valence electrons. The van der Waals surface area contributed by atoms with Crippen LogP contribution in [0.3, 0.4) is 0 Å². The Balaban J connectivity index is 0.995. The van der Waals surface area contributed by atoms with Gasteiger partial charge in [0.25, 0.3) is 0 Å². The van der Waals surface area contributed by atoms with Crippen LogP contribution < -0.4 is 20.3 Å². The van der Waals surface area contributed by atoms with E-state index < -0.39 is 0 Å². The van der Waals surface area contributed by atoms with Crippen LogP contribution in [0.4, 0.5) is 16.6 Å². The van der Waals surface area contributed by atoms with Gasteiger partial charge >= 0.3 is 6.03 Å². The van der Waals surface area contributed by atoms with Crippen LogP contribution in [-0.4, -0.2) is 61.5 Å². The number of hydrogen-bond acceptors (Lipinski definition) is 7. The Morgan fingerprint density at radius 1 is 0.887 bits per heavy atom. The van der Waals surface area contributed by atoms with Crippen LogP contribution in [-0.2, 0) is 12.0 Å². The van der Waals surface area contributed by atoms with E-state index in [-0.39, 0.29) is 23.6 Å². The Morgan fingerprint density at radius 2 is 1.64 bits per heavy atom. The predicted molar refractivity (Wildman–Crippen MR) is 209 cm³/mol. The largest absolute Gasteiger partial charge is 0.484 e. The molecule has 2 aliphatic heterocycles. The van der Waals surface area contributed by atoms with Crippen LogP contribution in [0.2, 0.25) is 5.02 Å². The molecule has 2 amide bonds. The molecule has 3 aliphatic rings. The highest BCUT2D eigenvalue weighted by Gasteiger charge is 2.30. The minimum atomic E-state index is -0.287. The molecule has 0 saturated carbocycles. The summed E-state index contributed by atoms with van der Waals surface area (Å²) in [5.41, 5.74) is 5.55. The van der Waals surface area contributed by atoms with E-state index in [1.54, 1.807) is 0 Å². The van der Waals surface area contributed by atoms with Crippen molar-refractivity contribution in [3.63, 3.8) is 0 Å². The van der Waals surface area contributed by atoms with E-state index in [4.69, 9.17) is 21.4 Å². The van der Waals surface area contributed by atoms with Crippen LogP contribution >= 0.6 is 11.6 Å². The lowest BCUT2D eigenvalue weighted by atomic mass is 9.85. The number of pyridine rings is 1. The molecule has 1 aliphatic carbocycles. The first kappa shape index (κ1) is 35.4. The number of carbonyl (C=O) groups excluding carboxylic acids is 1. The molecule has 53 heavy (non-hydrogen) atoms. The summed E-state index contributed by atoms with van der Waals surface area (Å²) in [7, 11) is 0. The number of likely N-dealkylation sites (tertiary alicyclic amines) is 1. The average Bonchev–Trinajstić information content (AvgIpc) is 3.78. The SMILES string of the molecule is CC(C)(C)c1cc(NC(=O)N[C@H]2CC[C@@H](Oc3ccc4nnc(N5CCCCC5)n4c3)c3ccccc32)n(-c2cc(Cl)cc(CN3CCCCC3)c2)n1. The molecule has 0 unspecified atom stereocenters. The minimum Gasteiger partial charge on any atom is -0.484 e. The number of benzene rings is 2. The molecular weight excluding hydrogens is 686 g/mol. The van der Waals surface area contributed by atoms with E-state index in [1.165, 1.54) is 38.5 Å². The first-order valence-corrected chi connectivity index (χ1v) is 19.6. The number of amides is 2. The van der Waals surface area contributed by atoms with Gasteiger partial charge in [-0.1, -0.05) is 63.1 Å². The third kappa shape index (κ3) is 7.87. The molecule has 0 radical (unpaired) electrons. The number of anilines is 2. The van der Waals surface area contributed by atoms with Gasteiger partial charge in [0.05, 0.1) is 23.6 Å². The zero-order valence-electron chi connectivity index (χ0n) is 31.0. The summed E-state index contributed by atoms with van der Waals surface area (Å²) in [6.07, 6.45) is 10.7. The number of carbonyl (C=O) groups is 1. The van der Waals surface area contributed by atoms with Gasteiger partial charge in [-0.3, -0.25) is 14.6 Å². The van der Waals surface area contributed by atoms with Crippen molar-refractivity contribution < 1.29 is 9.53 Å². The van der Waals surface area contributed by atoms with Crippen LogP contribution in [0.5, 0.6) is 5.75 Å². The van der Waals surface area contributed by atoms with Crippen molar-refractivity contribution in [2.45, 2.75) is 96.2 Å². The second-order valence-corrected chi connectivity index (χ2v) is 16.3. The lowest BCUT2D eigenvalue weighted by molar-refractivity contribution is 0.171. The monoisotopic (exact) mass is 735 g/mol. The predicted octanol–water partition coefficient (Wildman–Crippen LogP) is 8.62. The topological polar surface area (TPSA) is 105 Å². The molecule has 0 spiro atoms. The van der Waals surface area contributed by atoms with Crippen molar-refractivity contribution >= 4 is 35.0 Å². The molecule has 2 atom stereocenters. The number of ether oxygens (including phenoxy) is 1. The summed E-state index contributed by atoms with van der Waals surface area (Å²) in [5, 5.41) is 21.0. The number of rotatable bonds is 8. The maximum absolute atomic E-state index is 13.8. The van der Waals surface area contributed by atoms with Gasteiger partial charge in [0.1, 0.15) is 17.7 Å². The lowest BCUT2D eigenvalue weighted by Gasteiger charge is -2.32. The van der Waals surface area contributed by atoms with E-state index in [0.29, 0.717) is 10.8 Å². The molecule has 2 saturated heterocycles. The fourth-order valence-corrected chi connectivity index (χ4v) is 8.24. The lowest BCUT2D eigenvalue weighted by Crippen LogP contribution is -2.36. The normalized spacial score (nSPS) is 19.6. The van der Waals surface area contributed by atoms with Gasteiger partial charge in [-0.25, -0.2) is 9.48 Å². The van der Waals surface area contributed by atoms with Gasteiger partial charge in [-0.15, -0.1) is 10.2 Å². The quantitative estimate of drug-likeness (QED) is 0.164. The van der Waals surface area contributed by atoms with Gasteiger partial charge in [-0.05, 0) is 105 Å². The van der Waals surface area contributed by atoms with Crippen molar-refractivity contribution in [1.82, 2.24) is 34.6 Å². The molecule has 2 aromatic carbocycles. The van der Waals surface area contributed by atoms with Crippen LogP contribution in [0.1, 0.15) is 107 Å². The maximum atomic E-state index is 13.8. The molecule has 5 aromatic rings. The van der Waals surface area contributed by atoms with Gasteiger partial charge in [0, 0.05) is 36.1 Å². The molecule has 5 heterocycles. The molecule has 11 nitrogen and oxygen atoms in total. The molecule has 3 aromatic heterocycles. The molecular formula is C41H50ClN9O2. The summed E-state index contributed by atoms with van der Waals surface area (Å²) in [6.45, 7) is 11.4. The number of aromatic nitrogens is 5. The first-order valence-electron chi connectivity index (χ1n) is 19.2. The average molecular weight is 736 g/mol. The molecule has 2 fully saturated rings. The van der Waals surface area contributed by atoms with Crippen molar-refractivity contribution in [3.05, 3.63) is 94.3 Å². The first-order chi connectivity index (χ1) is 25.7. The summed E-state index contributed by atoms with van der Waals surface area (Å²) >= 11 is 6.69. The highest BCUT2D eigenvalue weighted by molar-refractivity contribution is 6.30. The Morgan fingerprint density at radius 3 is 2.42 bits per heavy atom. The van der Waals surface area contributed by atoms with E-state index >= 15 is 0 Å². The second kappa shape index (κ2) is 15.0. The van der Waals surface area contributed by atoms with E-state index in [9.17, 15) is 4.79 Å². The summed E-state index contributed by atoms with van der Waals surface area (Å²) in [6, 6.07) is 19.8. The van der Waals surface area contributed by atoms with Gasteiger partial charge < -0.3 is 15.0 Å². The Hall–Kier alpha value is -4.61.